The van der Waals surface area contributed by atoms with Gasteiger partial charge in [-0.1, -0.05) is 6.07 Å². The highest BCUT2D eigenvalue weighted by atomic mass is 16.4. The normalized spacial score (nSPS) is 17.8. The monoisotopic (exact) mass is 288 g/mol. The molecular weight excluding hydrogens is 272 g/mol. The zero-order valence-electron chi connectivity index (χ0n) is 11.6. The molecule has 6 nitrogen and oxygen atoms in total. The third kappa shape index (κ3) is 3.92. The molecule has 1 aliphatic rings. The average molecular weight is 288 g/mol. The first-order valence-corrected chi connectivity index (χ1v) is 6.55. The predicted octanol–water partition coefficient (Wildman–Crippen LogP) is 0.711. The van der Waals surface area contributed by atoms with Gasteiger partial charge in [0.2, 0.25) is 5.91 Å². The molecule has 1 atom stereocenters. The highest BCUT2D eigenvalue weighted by molar-refractivity contribution is 5.95. The minimum absolute atomic E-state index is 0.0642. The van der Waals surface area contributed by atoms with Crippen molar-refractivity contribution < 1.29 is 19.5 Å². The molecule has 0 aliphatic carbocycles. The summed E-state index contributed by atoms with van der Waals surface area (Å²) in [6, 6.07) is 4.84. The van der Waals surface area contributed by atoms with Crippen LogP contribution in [0.5, 0.6) is 0 Å². The molecule has 3 N–H and O–H groups in total. The Balaban J connectivity index is 2.07. The van der Waals surface area contributed by atoms with Crippen LogP contribution in [0.25, 0.3) is 6.08 Å². The van der Waals surface area contributed by atoms with Gasteiger partial charge in [0.05, 0.1) is 6.04 Å². The maximum Gasteiger partial charge on any atom is 0.328 e. The summed E-state index contributed by atoms with van der Waals surface area (Å²) in [5.74, 6) is -1.33. The van der Waals surface area contributed by atoms with Gasteiger partial charge in [0, 0.05) is 24.6 Å². The van der Waals surface area contributed by atoms with Gasteiger partial charge in [-0.3, -0.25) is 9.59 Å². The van der Waals surface area contributed by atoms with Gasteiger partial charge in [-0.2, -0.15) is 0 Å². The van der Waals surface area contributed by atoms with E-state index < -0.39 is 5.97 Å². The Bertz CT molecular complexity index is 622. The first-order valence-electron chi connectivity index (χ1n) is 6.55. The molecule has 1 aromatic carbocycles. The van der Waals surface area contributed by atoms with Gasteiger partial charge in [-0.25, -0.2) is 4.79 Å². The fraction of sp³-hybridized carbons (Fsp3) is 0.267. The quantitative estimate of drug-likeness (QED) is 0.711. The standard InChI is InChI=1S/C15H16N2O4/c1-9-6-11(3-2-10(9)4-5-14(19)20)15(21)17-12-7-13(18)16-8-12/h2-6,12H,7-8H2,1H3,(H,16,18)(H,17,21)(H,19,20)/b5-4+. The first-order chi connectivity index (χ1) is 9.95. The van der Waals surface area contributed by atoms with Crippen LogP contribution in [0.4, 0.5) is 0 Å². The summed E-state index contributed by atoms with van der Waals surface area (Å²) in [5, 5.41) is 14.0. The van der Waals surface area contributed by atoms with Gasteiger partial charge in [-0.15, -0.1) is 0 Å². The van der Waals surface area contributed by atoms with E-state index in [4.69, 9.17) is 5.11 Å². The number of hydrogen-bond donors (Lipinski definition) is 3. The number of carbonyl (C=O) groups excluding carboxylic acids is 2. The summed E-state index contributed by atoms with van der Waals surface area (Å²) in [7, 11) is 0. The smallest absolute Gasteiger partial charge is 0.328 e. The van der Waals surface area contributed by atoms with Gasteiger partial charge in [0.15, 0.2) is 0 Å². The first kappa shape index (κ1) is 14.8. The van der Waals surface area contributed by atoms with E-state index in [0.717, 1.165) is 17.2 Å². The minimum atomic E-state index is -1.02. The Morgan fingerprint density at radius 1 is 1.43 bits per heavy atom. The Labute approximate surface area is 121 Å². The lowest BCUT2D eigenvalue weighted by atomic mass is 10.0. The molecule has 110 valence electrons. The maximum absolute atomic E-state index is 12.1. The van der Waals surface area contributed by atoms with Crippen LogP contribution in [0.2, 0.25) is 0 Å². The lowest BCUT2D eigenvalue weighted by Gasteiger charge is -2.11. The van der Waals surface area contributed by atoms with Crippen molar-refractivity contribution in [2.24, 2.45) is 0 Å². The zero-order chi connectivity index (χ0) is 15.4. The van der Waals surface area contributed by atoms with E-state index in [1.807, 2.05) is 0 Å². The fourth-order valence-electron chi connectivity index (χ4n) is 2.14. The molecule has 6 heteroatoms. The molecule has 1 fully saturated rings. The van der Waals surface area contributed by atoms with Crippen molar-refractivity contribution in [2.75, 3.05) is 6.54 Å². The van der Waals surface area contributed by atoms with Gasteiger partial charge < -0.3 is 15.7 Å². The number of hydrogen-bond acceptors (Lipinski definition) is 3. The highest BCUT2D eigenvalue weighted by Gasteiger charge is 2.23. The van der Waals surface area contributed by atoms with E-state index in [9.17, 15) is 14.4 Å². The van der Waals surface area contributed by atoms with Gasteiger partial charge in [-0.05, 0) is 36.3 Å². The van der Waals surface area contributed by atoms with Crippen LogP contribution in [0.3, 0.4) is 0 Å². The van der Waals surface area contributed by atoms with E-state index in [1.165, 1.54) is 6.08 Å². The number of rotatable bonds is 4. The fourth-order valence-corrected chi connectivity index (χ4v) is 2.14. The molecule has 1 aliphatic heterocycles. The van der Waals surface area contributed by atoms with Crippen molar-refractivity contribution in [1.29, 1.82) is 0 Å². The van der Waals surface area contributed by atoms with Crippen molar-refractivity contribution in [3.8, 4) is 0 Å². The third-order valence-electron chi connectivity index (χ3n) is 3.25. The molecule has 1 unspecified atom stereocenters. The molecular formula is C15H16N2O4. The Hall–Kier alpha value is -2.63. The molecule has 2 rings (SSSR count). The average Bonchev–Trinajstić information content (AvgIpc) is 2.82. The second kappa shape index (κ2) is 6.21. The molecule has 2 amide bonds. The second-order valence-electron chi connectivity index (χ2n) is 4.92. The van der Waals surface area contributed by atoms with Crippen LogP contribution in [0.15, 0.2) is 24.3 Å². The summed E-state index contributed by atoms with van der Waals surface area (Å²) in [4.78, 5) is 33.6. The maximum atomic E-state index is 12.1. The van der Waals surface area contributed by atoms with Crippen LogP contribution in [-0.4, -0.2) is 35.5 Å². The third-order valence-corrected chi connectivity index (χ3v) is 3.25. The summed E-state index contributed by atoms with van der Waals surface area (Å²) < 4.78 is 0. The minimum Gasteiger partial charge on any atom is -0.478 e. The largest absolute Gasteiger partial charge is 0.478 e. The molecule has 0 aromatic heterocycles. The SMILES string of the molecule is Cc1cc(C(=O)NC2CNC(=O)C2)ccc1/C=C/C(=O)O. The molecule has 0 saturated carbocycles. The Kier molecular flexibility index (Phi) is 4.37. The number of nitrogens with one attached hydrogen (secondary N) is 2. The van der Waals surface area contributed by atoms with Crippen LogP contribution in [0, 0.1) is 6.92 Å². The van der Waals surface area contributed by atoms with E-state index in [-0.39, 0.29) is 17.9 Å². The molecule has 1 heterocycles. The lowest BCUT2D eigenvalue weighted by molar-refractivity contribution is -0.131. The lowest BCUT2D eigenvalue weighted by Crippen LogP contribution is -2.36. The zero-order valence-corrected chi connectivity index (χ0v) is 11.6. The van der Waals surface area contributed by atoms with E-state index in [1.54, 1.807) is 25.1 Å². The molecule has 1 saturated heterocycles. The van der Waals surface area contributed by atoms with E-state index in [2.05, 4.69) is 10.6 Å². The number of aryl methyl sites for hydroxylation is 1. The van der Waals surface area contributed by atoms with Crippen molar-refractivity contribution >= 4 is 23.9 Å². The molecule has 0 bridgehead atoms. The summed E-state index contributed by atoms with van der Waals surface area (Å²) >= 11 is 0. The van der Waals surface area contributed by atoms with Crippen molar-refractivity contribution in [3.05, 3.63) is 41.0 Å². The van der Waals surface area contributed by atoms with Crippen molar-refractivity contribution in [3.63, 3.8) is 0 Å². The molecule has 0 radical (unpaired) electrons. The number of amides is 2. The van der Waals surface area contributed by atoms with Crippen molar-refractivity contribution in [1.82, 2.24) is 10.6 Å². The number of carboxylic acids is 1. The predicted molar refractivity (Wildman–Crippen MR) is 76.7 cm³/mol. The Morgan fingerprint density at radius 2 is 2.19 bits per heavy atom. The molecule has 0 spiro atoms. The van der Waals surface area contributed by atoms with Gasteiger partial charge in [0.1, 0.15) is 0 Å². The summed E-state index contributed by atoms with van der Waals surface area (Å²) in [6.07, 6.45) is 2.83. The molecule has 21 heavy (non-hydrogen) atoms. The van der Waals surface area contributed by atoms with Gasteiger partial charge >= 0.3 is 5.97 Å². The number of aliphatic carboxylic acids is 1. The Morgan fingerprint density at radius 3 is 2.76 bits per heavy atom. The molecule has 1 aromatic rings. The van der Waals surface area contributed by atoms with Crippen LogP contribution >= 0.6 is 0 Å². The summed E-state index contributed by atoms with van der Waals surface area (Å²) in [5.41, 5.74) is 2.03. The van der Waals surface area contributed by atoms with Crippen LogP contribution < -0.4 is 10.6 Å². The number of carboxylic acid groups (broad SMARTS) is 1. The number of carbonyl (C=O) groups is 3. The second-order valence-corrected chi connectivity index (χ2v) is 4.92. The highest BCUT2D eigenvalue weighted by Crippen LogP contribution is 2.13. The van der Waals surface area contributed by atoms with Crippen LogP contribution in [-0.2, 0) is 9.59 Å². The van der Waals surface area contributed by atoms with E-state index >= 15 is 0 Å². The number of benzene rings is 1. The van der Waals surface area contributed by atoms with Crippen LogP contribution in [0.1, 0.15) is 27.9 Å². The van der Waals surface area contributed by atoms with E-state index in [0.29, 0.717) is 18.5 Å². The van der Waals surface area contributed by atoms with Gasteiger partial charge in [0.25, 0.3) is 5.91 Å². The summed E-state index contributed by atoms with van der Waals surface area (Å²) in [6.45, 7) is 2.25. The van der Waals surface area contributed by atoms with Crippen molar-refractivity contribution in [2.45, 2.75) is 19.4 Å². The topological polar surface area (TPSA) is 95.5 Å².